The molecule has 11 aromatic rings. The molecule has 2 aromatic heterocycles. The molecule has 2 aliphatic carbocycles. The van der Waals surface area contributed by atoms with E-state index >= 15 is 0 Å². The second kappa shape index (κ2) is 16.5. The zero-order chi connectivity index (χ0) is 47.9. The zero-order valence-corrected chi connectivity index (χ0v) is 39.7. The maximum Gasteiger partial charge on any atom is 0.164 e. The molecule has 0 radical (unpaired) electrons. The summed E-state index contributed by atoms with van der Waals surface area (Å²) in [6, 6.07) is 74.6. The van der Waals surface area contributed by atoms with E-state index in [9.17, 15) is 0 Å². The molecule has 2 atom stereocenters. The Kier molecular flexibility index (Phi) is 9.58. The minimum absolute atomic E-state index is 0.0201. The number of furan rings is 1. The second-order valence-electron chi connectivity index (χ2n) is 19.4. The Labute approximate surface area is 417 Å². The van der Waals surface area contributed by atoms with Gasteiger partial charge in [-0.3, -0.25) is 0 Å². The number of hydrogen-bond donors (Lipinski definition) is 0. The number of para-hydroxylation sites is 1. The Balaban J connectivity index is 0.892. The van der Waals surface area contributed by atoms with Crippen molar-refractivity contribution in [2.75, 3.05) is 4.90 Å². The summed E-state index contributed by atoms with van der Waals surface area (Å²) in [4.78, 5) is 17.7. The summed E-state index contributed by atoms with van der Waals surface area (Å²) < 4.78 is 14.1. The van der Waals surface area contributed by atoms with E-state index in [1.54, 1.807) is 0 Å². The third kappa shape index (κ3) is 6.67. The highest BCUT2D eigenvalue weighted by atomic mass is 16.5. The molecule has 3 heterocycles. The van der Waals surface area contributed by atoms with Gasteiger partial charge in [-0.15, -0.1) is 0 Å². The molecule has 1 aliphatic heterocycles. The lowest BCUT2D eigenvalue weighted by Crippen LogP contribution is -2.34. The lowest BCUT2D eigenvalue weighted by molar-refractivity contribution is 0.254. The zero-order valence-electron chi connectivity index (χ0n) is 39.7. The van der Waals surface area contributed by atoms with Crippen LogP contribution >= 0.6 is 0 Å². The van der Waals surface area contributed by atoms with Gasteiger partial charge in [0.2, 0.25) is 0 Å². The summed E-state index contributed by atoms with van der Waals surface area (Å²) in [6.45, 7) is 4.73. The van der Waals surface area contributed by atoms with Crippen LogP contribution < -0.4 is 9.64 Å². The van der Waals surface area contributed by atoms with E-state index < -0.39 is 0 Å². The van der Waals surface area contributed by atoms with Gasteiger partial charge < -0.3 is 14.1 Å². The molecular weight excluding hydrogens is 881 g/mol. The van der Waals surface area contributed by atoms with Gasteiger partial charge in [0.25, 0.3) is 0 Å². The molecule has 342 valence electrons. The van der Waals surface area contributed by atoms with Crippen molar-refractivity contribution in [3.05, 3.63) is 253 Å². The number of rotatable bonds is 8. The van der Waals surface area contributed by atoms with Gasteiger partial charge in [-0.2, -0.15) is 0 Å². The highest BCUT2D eigenvalue weighted by Gasteiger charge is 2.44. The molecule has 0 amide bonds. The quantitative estimate of drug-likeness (QED) is 0.151. The Morgan fingerprint density at radius 1 is 0.486 bits per heavy atom. The average molecular weight is 927 g/mol. The summed E-state index contributed by atoms with van der Waals surface area (Å²) in [5.41, 5.74) is 18.1. The molecule has 3 aliphatic rings. The van der Waals surface area contributed by atoms with E-state index in [1.165, 1.54) is 27.8 Å². The molecule has 0 spiro atoms. The van der Waals surface area contributed by atoms with Crippen LogP contribution in [0, 0.1) is 0 Å². The van der Waals surface area contributed by atoms with Crippen molar-refractivity contribution >= 4 is 33.3 Å². The number of nitrogens with zero attached hydrogens (tertiary/aromatic N) is 4. The fourth-order valence-electron chi connectivity index (χ4n) is 11.6. The van der Waals surface area contributed by atoms with Gasteiger partial charge in [0.15, 0.2) is 17.5 Å². The number of fused-ring (bicyclic) bond motifs is 9. The van der Waals surface area contributed by atoms with Crippen LogP contribution in [0.5, 0.6) is 5.75 Å². The molecule has 0 saturated heterocycles. The van der Waals surface area contributed by atoms with Crippen LogP contribution in [-0.2, 0) is 5.41 Å². The highest BCUT2D eigenvalue weighted by molar-refractivity contribution is 6.13. The van der Waals surface area contributed by atoms with Crippen LogP contribution in [-0.4, -0.2) is 21.1 Å². The lowest BCUT2D eigenvalue weighted by atomic mass is 9.81. The third-order valence-corrected chi connectivity index (χ3v) is 14.9. The van der Waals surface area contributed by atoms with E-state index in [-0.39, 0.29) is 17.4 Å². The van der Waals surface area contributed by atoms with Gasteiger partial charge in [0.1, 0.15) is 23.0 Å². The van der Waals surface area contributed by atoms with Crippen molar-refractivity contribution in [1.29, 1.82) is 0 Å². The van der Waals surface area contributed by atoms with E-state index in [2.05, 4.69) is 177 Å². The molecule has 14 rings (SSSR count). The van der Waals surface area contributed by atoms with Crippen LogP contribution in [0.15, 0.2) is 241 Å². The Bertz CT molecular complexity index is 3950. The second-order valence-corrected chi connectivity index (χ2v) is 19.4. The van der Waals surface area contributed by atoms with Crippen LogP contribution in [0.2, 0.25) is 0 Å². The molecule has 2 unspecified atom stereocenters. The maximum absolute atomic E-state index is 7.45. The number of allylic oxidation sites excluding steroid dienone is 2. The SMILES string of the molecule is CC1(C)c2ccccc2-c2cccc(N(C3=CC=CC4c5cccc(-c6ccc7oc8cccc(-c9nc(-c%10ccccc%10)nc(-c%10ccccc%10)n9)c8c7c6)c5OC34)c3cccc(-c4ccccc4)c3)c21. The molecular formula is C66H46N4O2. The highest BCUT2D eigenvalue weighted by Crippen LogP contribution is 2.56. The lowest BCUT2D eigenvalue weighted by Gasteiger charge is -2.37. The summed E-state index contributed by atoms with van der Waals surface area (Å²) in [5, 5.41) is 1.92. The summed E-state index contributed by atoms with van der Waals surface area (Å²) in [6.07, 6.45) is 6.48. The number of aromatic nitrogens is 3. The van der Waals surface area contributed by atoms with E-state index in [0.29, 0.717) is 17.5 Å². The molecule has 72 heavy (non-hydrogen) atoms. The average Bonchev–Trinajstić information content (AvgIpc) is 4.09. The number of benzene rings is 9. The maximum atomic E-state index is 7.45. The normalized spacial score (nSPS) is 15.9. The topological polar surface area (TPSA) is 64.3 Å². The van der Waals surface area contributed by atoms with Gasteiger partial charge in [-0.05, 0) is 81.4 Å². The van der Waals surface area contributed by atoms with Gasteiger partial charge in [0.05, 0.1) is 11.4 Å². The molecule has 0 N–H and O–H groups in total. The minimum Gasteiger partial charge on any atom is -0.482 e. The van der Waals surface area contributed by atoms with Crippen molar-refractivity contribution in [3.8, 4) is 73.3 Å². The van der Waals surface area contributed by atoms with Gasteiger partial charge in [-0.25, -0.2) is 15.0 Å². The van der Waals surface area contributed by atoms with Crippen LogP contribution in [0.1, 0.15) is 36.5 Å². The molecule has 0 saturated carbocycles. The Hall–Kier alpha value is -9.13. The van der Waals surface area contributed by atoms with Gasteiger partial charge in [0, 0.05) is 55.6 Å². The Morgan fingerprint density at radius 2 is 1.11 bits per heavy atom. The van der Waals surface area contributed by atoms with Gasteiger partial charge in [-0.1, -0.05) is 202 Å². The number of ether oxygens (including phenoxy) is 1. The van der Waals surface area contributed by atoms with Crippen molar-refractivity contribution in [3.63, 3.8) is 0 Å². The molecule has 6 heteroatoms. The molecule has 0 fully saturated rings. The standard InChI is InChI=1S/C66H46N4O2/c1-66(2)54-33-13-12-27-48(54)49-29-16-34-55(60(49)66)70(46-26-14-25-44(39-46)41-19-6-3-7-20-41)56-35-17-31-51-50-30-15-28-47(61(50)72-62(51)56)45-37-38-57-53(40-45)59-52(32-18-36-58(59)71-57)65-68-63(42-21-8-4-9-22-42)67-64(69-65)43-23-10-5-11-24-43/h3-40,51,62H,1-2H3. The fourth-order valence-corrected chi connectivity index (χ4v) is 11.6. The van der Waals surface area contributed by atoms with E-state index in [0.717, 1.165) is 83.7 Å². The smallest absolute Gasteiger partial charge is 0.164 e. The first kappa shape index (κ1) is 41.8. The molecule has 9 aromatic carbocycles. The number of anilines is 2. The van der Waals surface area contributed by atoms with Crippen molar-refractivity contribution in [2.24, 2.45) is 0 Å². The van der Waals surface area contributed by atoms with Crippen molar-refractivity contribution < 1.29 is 9.15 Å². The Morgan fingerprint density at radius 3 is 1.89 bits per heavy atom. The van der Waals surface area contributed by atoms with Crippen LogP contribution in [0.4, 0.5) is 11.4 Å². The predicted octanol–water partition coefficient (Wildman–Crippen LogP) is 16.5. The van der Waals surface area contributed by atoms with Gasteiger partial charge >= 0.3 is 0 Å². The summed E-state index contributed by atoms with van der Waals surface area (Å²) in [7, 11) is 0. The minimum atomic E-state index is -0.305. The van der Waals surface area contributed by atoms with E-state index in [4.69, 9.17) is 24.1 Å². The van der Waals surface area contributed by atoms with Crippen LogP contribution in [0.25, 0.3) is 89.5 Å². The first-order valence-electron chi connectivity index (χ1n) is 24.7. The largest absolute Gasteiger partial charge is 0.482 e. The van der Waals surface area contributed by atoms with Crippen LogP contribution in [0.3, 0.4) is 0 Å². The third-order valence-electron chi connectivity index (χ3n) is 14.9. The first-order chi connectivity index (χ1) is 35.5. The van der Waals surface area contributed by atoms with Crippen molar-refractivity contribution in [2.45, 2.75) is 31.3 Å². The fraction of sp³-hybridized carbons (Fsp3) is 0.0758. The van der Waals surface area contributed by atoms with E-state index in [1.807, 2.05) is 72.8 Å². The predicted molar refractivity (Wildman–Crippen MR) is 291 cm³/mol. The molecule has 0 bridgehead atoms. The first-order valence-corrected chi connectivity index (χ1v) is 24.7. The number of hydrogen-bond acceptors (Lipinski definition) is 6. The molecule has 6 nitrogen and oxygen atoms in total. The monoisotopic (exact) mass is 926 g/mol. The summed E-state index contributed by atoms with van der Waals surface area (Å²) in [5.74, 6) is 2.67. The summed E-state index contributed by atoms with van der Waals surface area (Å²) >= 11 is 0. The van der Waals surface area contributed by atoms with Crippen molar-refractivity contribution in [1.82, 2.24) is 15.0 Å².